The van der Waals surface area contributed by atoms with Crippen LogP contribution in [0.2, 0.25) is 0 Å². The van der Waals surface area contributed by atoms with Crippen LogP contribution < -0.4 is 11.4 Å². The van der Waals surface area contributed by atoms with Gasteiger partial charge in [0.2, 0.25) is 0 Å². The van der Waals surface area contributed by atoms with Crippen molar-refractivity contribution in [1.82, 2.24) is 13.9 Å². The maximum Gasteiger partial charge on any atom is 0.346 e. The number of carbonyl (C=O) groups is 2. The third-order valence-electron chi connectivity index (χ3n) is 4.77. The van der Waals surface area contributed by atoms with Gasteiger partial charge in [0.1, 0.15) is 5.78 Å². The predicted molar refractivity (Wildman–Crippen MR) is 107 cm³/mol. The number of unbranched alkanes of at least 4 members (excludes halogenated alkanes) is 5. The first-order chi connectivity index (χ1) is 13.4. The molecule has 0 unspecified atom stereocenters. The Morgan fingerprint density at radius 1 is 0.786 bits per heavy atom. The van der Waals surface area contributed by atoms with Crippen molar-refractivity contribution in [3.8, 4) is 0 Å². The van der Waals surface area contributed by atoms with E-state index in [9.17, 15) is 19.2 Å². The number of ketones is 1. The fourth-order valence-electron chi connectivity index (χ4n) is 3.11. The Morgan fingerprint density at radius 3 is 2.04 bits per heavy atom. The molecular formula is C20H35N3O5. The third kappa shape index (κ3) is 7.86. The summed E-state index contributed by atoms with van der Waals surface area (Å²) in [4.78, 5) is 47.9. The number of aromatic nitrogens is 3. The first kappa shape index (κ1) is 23.9. The quantitative estimate of drug-likeness (QED) is 0.335. The van der Waals surface area contributed by atoms with Gasteiger partial charge in [0.15, 0.2) is 0 Å². The van der Waals surface area contributed by atoms with Crippen LogP contribution in [0.1, 0.15) is 78.1 Å². The second-order valence-electron chi connectivity index (χ2n) is 7.09. The van der Waals surface area contributed by atoms with Crippen molar-refractivity contribution in [3.63, 3.8) is 0 Å². The summed E-state index contributed by atoms with van der Waals surface area (Å²) >= 11 is 0. The Hall–Kier alpha value is -2.12. The van der Waals surface area contributed by atoms with Crippen LogP contribution in [0.5, 0.6) is 0 Å². The number of hydrogen-bond acceptors (Lipinski definition) is 5. The number of nitrogens with zero attached hydrogens (tertiary/aromatic N) is 3. The zero-order valence-electron chi connectivity index (χ0n) is 17.6. The van der Waals surface area contributed by atoms with E-state index in [0.717, 1.165) is 49.5 Å². The van der Waals surface area contributed by atoms with Gasteiger partial charge in [0.25, 0.3) is 0 Å². The first-order valence-corrected chi connectivity index (χ1v) is 10.5. The maximum atomic E-state index is 12.3. The van der Waals surface area contributed by atoms with Crippen LogP contribution in [-0.4, -0.2) is 32.3 Å². The molecule has 0 aliphatic carbocycles. The fraction of sp³-hybridized carbons (Fsp3) is 0.800. The molecule has 0 saturated carbocycles. The molecule has 0 saturated heterocycles. The summed E-state index contributed by atoms with van der Waals surface area (Å²) in [6.07, 6.45) is 7.36. The lowest BCUT2D eigenvalue weighted by molar-refractivity contribution is -0.143. The largest absolute Gasteiger partial charge is 0.466 e. The summed E-state index contributed by atoms with van der Waals surface area (Å²) in [5.74, 6) is -0.0543. The van der Waals surface area contributed by atoms with E-state index in [2.05, 4.69) is 6.92 Å². The Kier molecular flexibility index (Phi) is 11.2. The van der Waals surface area contributed by atoms with Crippen molar-refractivity contribution in [3.05, 3.63) is 21.0 Å². The molecule has 0 atom stereocenters. The minimum absolute atomic E-state index is 0.127. The molecule has 8 nitrogen and oxygen atoms in total. The van der Waals surface area contributed by atoms with Crippen LogP contribution in [0.15, 0.2) is 9.59 Å². The summed E-state index contributed by atoms with van der Waals surface area (Å²) in [5.41, 5.74) is -0.733. The fourth-order valence-corrected chi connectivity index (χ4v) is 3.11. The smallest absolute Gasteiger partial charge is 0.346 e. The third-order valence-corrected chi connectivity index (χ3v) is 4.77. The summed E-state index contributed by atoms with van der Waals surface area (Å²) in [6.45, 7) is 4.94. The van der Waals surface area contributed by atoms with Gasteiger partial charge in [-0.2, -0.15) is 0 Å². The normalized spacial score (nSPS) is 11.0. The molecule has 1 aromatic heterocycles. The first-order valence-electron chi connectivity index (χ1n) is 10.5. The van der Waals surface area contributed by atoms with E-state index in [0.29, 0.717) is 26.0 Å². The molecular weight excluding hydrogens is 362 g/mol. The molecule has 160 valence electrons. The molecule has 0 bridgehead atoms. The zero-order chi connectivity index (χ0) is 20.9. The van der Waals surface area contributed by atoms with E-state index in [1.807, 2.05) is 0 Å². The van der Waals surface area contributed by atoms with Gasteiger partial charge in [-0.15, -0.1) is 0 Å². The predicted octanol–water partition coefficient (Wildman–Crippen LogP) is 2.40. The van der Waals surface area contributed by atoms with Crippen molar-refractivity contribution < 1.29 is 14.3 Å². The monoisotopic (exact) mass is 397 g/mol. The van der Waals surface area contributed by atoms with Crippen LogP contribution in [0.25, 0.3) is 0 Å². The molecule has 0 fully saturated rings. The second kappa shape index (κ2) is 13.1. The average molecular weight is 398 g/mol. The molecule has 0 aliphatic rings. The number of Topliss-reactive ketones (excluding diaryl/α,β-unsaturated/α-hetero) is 1. The molecule has 1 rings (SSSR count). The van der Waals surface area contributed by atoms with Crippen molar-refractivity contribution in [2.75, 3.05) is 6.61 Å². The average Bonchev–Trinajstić information content (AvgIpc) is 2.87. The molecule has 0 aliphatic heterocycles. The summed E-state index contributed by atoms with van der Waals surface area (Å²) in [7, 11) is 1.46. The van der Waals surface area contributed by atoms with Gasteiger partial charge in [-0.1, -0.05) is 32.6 Å². The van der Waals surface area contributed by atoms with Crippen LogP contribution in [0.3, 0.4) is 0 Å². The maximum absolute atomic E-state index is 12.3. The lowest BCUT2D eigenvalue weighted by atomic mass is 10.1. The van der Waals surface area contributed by atoms with Crippen molar-refractivity contribution >= 4 is 11.8 Å². The van der Waals surface area contributed by atoms with E-state index >= 15 is 0 Å². The van der Waals surface area contributed by atoms with Gasteiger partial charge in [-0.25, -0.2) is 23.5 Å². The van der Waals surface area contributed by atoms with E-state index in [1.165, 1.54) is 16.4 Å². The zero-order valence-corrected chi connectivity index (χ0v) is 17.6. The lowest BCUT2D eigenvalue weighted by Crippen LogP contribution is -2.28. The molecule has 0 N–H and O–H groups in total. The Morgan fingerprint density at radius 2 is 1.39 bits per heavy atom. The van der Waals surface area contributed by atoms with E-state index < -0.39 is 0 Å². The topological polar surface area (TPSA) is 92.3 Å². The molecule has 28 heavy (non-hydrogen) atoms. The highest BCUT2D eigenvalue weighted by atomic mass is 16.5. The van der Waals surface area contributed by atoms with E-state index in [1.54, 1.807) is 6.92 Å². The summed E-state index contributed by atoms with van der Waals surface area (Å²) in [6, 6.07) is 0. The van der Waals surface area contributed by atoms with Gasteiger partial charge >= 0.3 is 17.3 Å². The minimum Gasteiger partial charge on any atom is -0.466 e. The van der Waals surface area contributed by atoms with Crippen LogP contribution in [-0.2, 0) is 34.5 Å². The SMILES string of the molecule is CCCCCC(=O)CCn1c(=O)n(C)c(=O)n1CCCCCCC(=O)OCC. The number of carbonyl (C=O) groups excluding carboxylic acids is 2. The van der Waals surface area contributed by atoms with Gasteiger partial charge in [-0.05, 0) is 26.2 Å². The molecule has 1 heterocycles. The number of esters is 1. The van der Waals surface area contributed by atoms with Crippen LogP contribution >= 0.6 is 0 Å². The van der Waals surface area contributed by atoms with Gasteiger partial charge < -0.3 is 4.74 Å². The number of hydrogen-bond donors (Lipinski definition) is 0. The summed E-state index contributed by atoms with van der Waals surface area (Å²) < 4.78 is 8.80. The Labute approximate surface area is 166 Å². The highest BCUT2D eigenvalue weighted by Crippen LogP contribution is 2.06. The highest BCUT2D eigenvalue weighted by Gasteiger charge is 2.14. The summed E-state index contributed by atoms with van der Waals surface area (Å²) in [5, 5.41) is 0. The number of rotatable bonds is 15. The van der Waals surface area contributed by atoms with Crippen molar-refractivity contribution in [2.24, 2.45) is 7.05 Å². The molecule has 0 aromatic carbocycles. The standard InChI is InChI=1S/C20H35N3O5/c1-4-6-9-12-17(24)14-16-23-20(27)21(3)19(26)22(23)15-11-8-7-10-13-18(25)28-5-2/h4-16H2,1-3H3. The van der Waals surface area contributed by atoms with E-state index in [4.69, 9.17) is 4.74 Å². The highest BCUT2D eigenvalue weighted by molar-refractivity contribution is 5.78. The van der Waals surface area contributed by atoms with Gasteiger partial charge in [0, 0.05) is 32.9 Å². The second-order valence-corrected chi connectivity index (χ2v) is 7.09. The molecule has 0 radical (unpaired) electrons. The van der Waals surface area contributed by atoms with Crippen molar-refractivity contribution in [2.45, 2.75) is 91.1 Å². The molecule has 1 aromatic rings. The van der Waals surface area contributed by atoms with Gasteiger partial charge in [0.05, 0.1) is 13.2 Å². The molecule has 0 amide bonds. The Bertz CT molecular complexity index is 729. The number of ether oxygens (including phenoxy) is 1. The van der Waals surface area contributed by atoms with Crippen molar-refractivity contribution in [1.29, 1.82) is 0 Å². The molecule has 8 heteroatoms. The van der Waals surface area contributed by atoms with Crippen LogP contribution in [0.4, 0.5) is 0 Å². The minimum atomic E-state index is -0.381. The Balaban J connectivity index is 2.51. The lowest BCUT2D eigenvalue weighted by Gasteiger charge is -2.09. The molecule has 0 spiro atoms. The van der Waals surface area contributed by atoms with Gasteiger partial charge in [-0.3, -0.25) is 9.59 Å². The van der Waals surface area contributed by atoms with E-state index in [-0.39, 0.29) is 36.1 Å². The van der Waals surface area contributed by atoms with Crippen LogP contribution in [0, 0.1) is 0 Å².